The number of benzene rings is 1. The van der Waals surface area contributed by atoms with Gasteiger partial charge in [-0.1, -0.05) is 18.2 Å². The van der Waals surface area contributed by atoms with Crippen LogP contribution in [0, 0.1) is 0 Å². The number of nitrogens with zero attached hydrogens (tertiary/aromatic N) is 1. The van der Waals surface area contributed by atoms with Gasteiger partial charge in [-0.3, -0.25) is 4.79 Å². The fourth-order valence-electron chi connectivity index (χ4n) is 2.75. The first kappa shape index (κ1) is 21.6. The number of fused-ring (bicyclic) bond motifs is 1. The highest BCUT2D eigenvalue weighted by molar-refractivity contribution is 7.89. The molecule has 0 saturated heterocycles. The second-order valence-electron chi connectivity index (χ2n) is 6.56. The number of hydrogen-bond acceptors (Lipinski definition) is 6. The highest BCUT2D eigenvalue weighted by Gasteiger charge is 2.28. The van der Waals surface area contributed by atoms with Gasteiger partial charge in [-0.25, -0.2) is 13.4 Å². The summed E-state index contributed by atoms with van der Waals surface area (Å²) in [4.78, 5) is 16.3. The Morgan fingerprint density at radius 1 is 1.23 bits per heavy atom. The number of nitrogens with one attached hydrogen (secondary N) is 1. The number of hydrogen-bond donors (Lipinski definition) is 1. The molecule has 0 aliphatic carbocycles. The predicted octanol–water partition coefficient (Wildman–Crippen LogP) is 3.24. The van der Waals surface area contributed by atoms with E-state index in [0.29, 0.717) is 16.5 Å². The molecule has 11 heteroatoms. The molecule has 3 aromatic rings. The average Bonchev–Trinajstić information content (AvgIpc) is 3.01. The van der Waals surface area contributed by atoms with Gasteiger partial charge in [0.2, 0.25) is 5.88 Å². The van der Waals surface area contributed by atoms with Gasteiger partial charge in [0.25, 0.3) is 5.91 Å². The first-order chi connectivity index (χ1) is 14.0. The van der Waals surface area contributed by atoms with E-state index >= 15 is 0 Å². The van der Waals surface area contributed by atoms with Crippen LogP contribution in [-0.2, 0) is 22.1 Å². The van der Waals surface area contributed by atoms with Crippen LogP contribution >= 0.6 is 0 Å². The molecule has 0 aliphatic rings. The summed E-state index contributed by atoms with van der Waals surface area (Å²) in [6.07, 6.45) is -2.19. The number of carbonyl (C=O) groups is 1. The number of pyridine rings is 1. The molecule has 3 rings (SSSR count). The van der Waals surface area contributed by atoms with Crippen LogP contribution in [0.1, 0.15) is 21.7 Å². The molecule has 0 atom stereocenters. The molecule has 0 spiro atoms. The second kappa shape index (κ2) is 8.34. The fraction of sp³-hybridized carbons (Fsp3) is 0.263. The third-order valence-corrected chi connectivity index (χ3v) is 4.76. The van der Waals surface area contributed by atoms with Crippen LogP contribution < -0.4 is 10.1 Å². The van der Waals surface area contributed by atoms with Crippen molar-refractivity contribution >= 4 is 26.7 Å². The summed E-state index contributed by atoms with van der Waals surface area (Å²) in [7, 11) is -3.44. The number of carbonyl (C=O) groups excluding carboxylic acids is 1. The Morgan fingerprint density at radius 2 is 1.97 bits per heavy atom. The Bertz CT molecular complexity index is 1170. The molecule has 160 valence electrons. The van der Waals surface area contributed by atoms with Gasteiger partial charge >= 0.3 is 6.18 Å². The van der Waals surface area contributed by atoms with E-state index in [1.54, 1.807) is 24.3 Å². The van der Waals surface area contributed by atoms with Crippen molar-refractivity contribution in [1.82, 2.24) is 10.3 Å². The van der Waals surface area contributed by atoms with Crippen molar-refractivity contribution in [3.63, 3.8) is 0 Å². The topological polar surface area (TPSA) is 98.5 Å². The first-order valence-electron chi connectivity index (χ1n) is 8.63. The summed E-state index contributed by atoms with van der Waals surface area (Å²) < 4.78 is 70.5. The van der Waals surface area contributed by atoms with Crippen LogP contribution in [0.5, 0.6) is 5.88 Å². The Kier molecular flexibility index (Phi) is 6.01. The van der Waals surface area contributed by atoms with Crippen LogP contribution in [0.2, 0.25) is 0 Å². The van der Waals surface area contributed by atoms with Gasteiger partial charge in [-0.05, 0) is 17.7 Å². The van der Waals surface area contributed by atoms with E-state index in [4.69, 9.17) is 4.42 Å². The van der Waals surface area contributed by atoms with E-state index in [1.165, 1.54) is 18.3 Å². The summed E-state index contributed by atoms with van der Waals surface area (Å²) >= 11 is 0. The molecule has 7 nitrogen and oxygen atoms in total. The minimum absolute atomic E-state index is 0.0565. The van der Waals surface area contributed by atoms with Crippen molar-refractivity contribution in [2.75, 3.05) is 12.9 Å². The molecule has 0 radical (unpaired) electrons. The van der Waals surface area contributed by atoms with Crippen LogP contribution in [0.25, 0.3) is 11.0 Å². The summed E-state index contributed by atoms with van der Waals surface area (Å²) in [5, 5.41) is 3.08. The number of halogens is 3. The number of aromatic nitrogens is 1. The highest BCUT2D eigenvalue weighted by atomic mass is 32.2. The zero-order valence-corrected chi connectivity index (χ0v) is 16.5. The van der Waals surface area contributed by atoms with Gasteiger partial charge in [-0.15, -0.1) is 0 Å². The number of rotatable bonds is 7. The maximum atomic E-state index is 12.6. The summed E-state index contributed by atoms with van der Waals surface area (Å²) in [6.45, 7) is -1.54. The van der Waals surface area contributed by atoms with E-state index in [2.05, 4.69) is 15.0 Å². The normalized spacial score (nSPS) is 12.1. The number of para-hydroxylation sites is 1. The Morgan fingerprint density at radius 3 is 2.67 bits per heavy atom. The van der Waals surface area contributed by atoms with Crippen molar-refractivity contribution in [2.24, 2.45) is 0 Å². The van der Waals surface area contributed by atoms with Crippen molar-refractivity contribution in [1.29, 1.82) is 0 Å². The molecule has 2 heterocycles. The van der Waals surface area contributed by atoms with Gasteiger partial charge in [0.05, 0.1) is 5.75 Å². The molecule has 0 saturated carbocycles. The lowest BCUT2D eigenvalue weighted by molar-refractivity contribution is -0.154. The Balaban J connectivity index is 1.77. The largest absolute Gasteiger partial charge is 0.468 e. The lowest BCUT2D eigenvalue weighted by atomic mass is 10.1. The lowest BCUT2D eigenvalue weighted by Gasteiger charge is -2.10. The van der Waals surface area contributed by atoms with E-state index in [9.17, 15) is 26.4 Å². The molecule has 30 heavy (non-hydrogen) atoms. The second-order valence-corrected chi connectivity index (χ2v) is 8.71. The molecule has 1 amide bonds. The molecule has 2 aromatic heterocycles. The fourth-order valence-corrected chi connectivity index (χ4v) is 3.56. The quantitative estimate of drug-likeness (QED) is 0.603. The minimum Gasteiger partial charge on any atom is -0.468 e. The zero-order valence-electron chi connectivity index (χ0n) is 15.7. The van der Waals surface area contributed by atoms with E-state index < -0.39 is 28.5 Å². The summed E-state index contributed by atoms with van der Waals surface area (Å²) in [5.41, 5.74) is 1.05. The van der Waals surface area contributed by atoms with Crippen LogP contribution in [0.4, 0.5) is 13.2 Å². The van der Waals surface area contributed by atoms with Crippen molar-refractivity contribution in [3.05, 3.63) is 59.5 Å². The Hall–Kier alpha value is -3.08. The van der Waals surface area contributed by atoms with E-state index in [1.807, 2.05) is 0 Å². The third-order valence-electron chi connectivity index (χ3n) is 3.95. The molecule has 0 aliphatic heterocycles. The van der Waals surface area contributed by atoms with Crippen LogP contribution in [0.15, 0.2) is 47.0 Å². The molecule has 0 unspecified atom stereocenters. The zero-order chi connectivity index (χ0) is 21.9. The van der Waals surface area contributed by atoms with Crippen molar-refractivity contribution in [3.8, 4) is 5.88 Å². The number of furan rings is 1. The number of sulfone groups is 1. The monoisotopic (exact) mass is 442 g/mol. The summed E-state index contributed by atoms with van der Waals surface area (Å²) in [5.74, 6) is -1.40. The minimum atomic E-state index is -4.50. The van der Waals surface area contributed by atoms with Crippen molar-refractivity contribution in [2.45, 2.75) is 18.5 Å². The molecule has 0 fully saturated rings. The van der Waals surface area contributed by atoms with Gasteiger partial charge in [0.15, 0.2) is 22.2 Å². The van der Waals surface area contributed by atoms with Gasteiger partial charge in [0.1, 0.15) is 5.58 Å². The molecule has 0 bridgehead atoms. The van der Waals surface area contributed by atoms with E-state index in [-0.39, 0.29) is 29.5 Å². The average molecular weight is 442 g/mol. The van der Waals surface area contributed by atoms with Crippen LogP contribution in [-0.4, -0.2) is 38.3 Å². The highest BCUT2D eigenvalue weighted by Crippen LogP contribution is 2.27. The Labute approximate surface area is 169 Å². The number of alkyl halides is 3. The first-order valence-corrected chi connectivity index (χ1v) is 10.7. The number of ether oxygens (including phenoxy) is 1. The lowest BCUT2D eigenvalue weighted by Crippen LogP contribution is -2.24. The van der Waals surface area contributed by atoms with Gasteiger partial charge in [0, 0.05) is 36.0 Å². The van der Waals surface area contributed by atoms with E-state index in [0.717, 1.165) is 6.26 Å². The maximum absolute atomic E-state index is 12.6. The molecule has 1 N–H and O–H groups in total. The number of amides is 1. The maximum Gasteiger partial charge on any atom is 0.422 e. The standard InChI is InChI=1S/C19H17F3N2O5S/c1-30(26,27)10-14-13-4-2-3-5-15(13)29-17(14)18(25)24-9-12-6-7-23-16(8-12)28-11-19(20,21)22/h2-8H,9-11H2,1H3,(H,24,25). The van der Waals surface area contributed by atoms with Gasteiger partial charge in [-0.2, -0.15) is 13.2 Å². The molecule has 1 aromatic carbocycles. The SMILES string of the molecule is CS(=O)(=O)Cc1c(C(=O)NCc2ccnc(OCC(F)(F)F)c2)oc2ccccc12. The van der Waals surface area contributed by atoms with Crippen LogP contribution in [0.3, 0.4) is 0 Å². The molecular formula is C19H17F3N2O5S. The van der Waals surface area contributed by atoms with Crippen molar-refractivity contribution < 1.29 is 35.5 Å². The van der Waals surface area contributed by atoms with Gasteiger partial charge < -0.3 is 14.5 Å². The predicted molar refractivity (Wildman–Crippen MR) is 102 cm³/mol. The smallest absolute Gasteiger partial charge is 0.422 e. The third kappa shape index (κ3) is 5.72. The summed E-state index contributed by atoms with van der Waals surface area (Å²) in [6, 6.07) is 9.43. The molecular weight excluding hydrogens is 425 g/mol.